The summed E-state index contributed by atoms with van der Waals surface area (Å²) in [5.41, 5.74) is -0.308. The highest BCUT2D eigenvalue weighted by molar-refractivity contribution is 7.53. The average molecular weight is 617 g/mol. The smallest absolute Gasteiger partial charge is 0.361 e. The molecule has 5 rings (SSSR count). The van der Waals surface area contributed by atoms with E-state index in [1.54, 1.807) is 31.2 Å². The zero-order valence-electron chi connectivity index (χ0n) is 22.1. The largest absolute Gasteiger partial charge is 0.393 e. The van der Waals surface area contributed by atoms with Gasteiger partial charge < -0.3 is 44.6 Å². The summed E-state index contributed by atoms with van der Waals surface area (Å²) in [7, 11) is -3.87. The lowest BCUT2D eigenvalue weighted by molar-refractivity contribution is -0.182. The molecule has 1 saturated carbocycles. The Bertz CT molecular complexity index is 1470. The van der Waals surface area contributed by atoms with Gasteiger partial charge in [0.15, 0.2) is 11.9 Å². The molecule has 1 saturated heterocycles. The first kappa shape index (κ1) is 30.2. The van der Waals surface area contributed by atoms with E-state index >= 15 is 0 Å². The van der Waals surface area contributed by atoms with Crippen LogP contribution in [0.4, 0.5) is 10.1 Å². The number of halogens is 2. The van der Waals surface area contributed by atoms with Crippen LogP contribution in [0.1, 0.15) is 37.6 Å². The number of hydrogen-bond donors (Lipinski definition) is 6. The molecule has 6 N–H and O–H groups in total. The molecular formula is C25H31ClFN4O9P. The average Bonchev–Trinajstić information content (AvgIpc) is 3.46. The van der Waals surface area contributed by atoms with Crippen molar-refractivity contribution in [2.45, 2.75) is 61.3 Å². The predicted molar refractivity (Wildman–Crippen MR) is 144 cm³/mol. The van der Waals surface area contributed by atoms with E-state index in [1.807, 2.05) is 0 Å². The summed E-state index contributed by atoms with van der Waals surface area (Å²) in [5, 5.41) is 37.6. The summed E-state index contributed by atoms with van der Waals surface area (Å²) in [6.45, 7) is 0.0864. The summed E-state index contributed by atoms with van der Waals surface area (Å²) >= 11 is 6.31. The third-order valence-corrected chi connectivity index (χ3v) is 9.18. The van der Waals surface area contributed by atoms with Crippen molar-refractivity contribution in [2.24, 2.45) is 0 Å². The molecule has 1 aliphatic carbocycles. The van der Waals surface area contributed by atoms with Gasteiger partial charge in [0.25, 0.3) is 0 Å². The molecule has 2 aromatic heterocycles. The number of aliphatic hydroxyl groups excluding tert-OH is 3. The number of nitrogens with one attached hydrogen (secondary N) is 1. The van der Waals surface area contributed by atoms with Gasteiger partial charge in [0.05, 0.1) is 42.1 Å². The van der Waals surface area contributed by atoms with Gasteiger partial charge in [-0.05, 0) is 31.9 Å². The molecule has 224 valence electrons. The second-order valence-corrected chi connectivity index (χ2v) is 12.7. The molecule has 0 bridgehead atoms. The molecular weight excluding hydrogens is 586 g/mol. The van der Waals surface area contributed by atoms with Crippen molar-refractivity contribution in [2.75, 3.05) is 25.6 Å². The normalized spacial score (nSPS) is 26.2. The summed E-state index contributed by atoms with van der Waals surface area (Å²) < 4.78 is 44.7. The fourth-order valence-corrected chi connectivity index (χ4v) is 6.21. The van der Waals surface area contributed by atoms with E-state index in [0.29, 0.717) is 16.6 Å². The van der Waals surface area contributed by atoms with Gasteiger partial charge in [-0.15, -0.1) is 0 Å². The first-order valence-electron chi connectivity index (χ1n) is 12.8. The van der Waals surface area contributed by atoms with Crippen LogP contribution in [0.2, 0.25) is 5.15 Å². The number of ether oxygens (including phenoxy) is 3. The number of aliphatic hydroxyl groups is 3. The number of pyridine rings is 1. The van der Waals surface area contributed by atoms with Crippen LogP contribution in [0, 0.1) is 5.82 Å². The maximum atomic E-state index is 14.4. The third kappa shape index (κ3) is 5.38. The number of aromatic nitrogens is 3. The first-order chi connectivity index (χ1) is 19.4. The van der Waals surface area contributed by atoms with E-state index < -0.39 is 62.3 Å². The van der Waals surface area contributed by atoms with Crippen molar-refractivity contribution < 1.29 is 48.3 Å². The second kappa shape index (κ2) is 11.1. The topological polar surface area (TPSA) is 189 Å². The van der Waals surface area contributed by atoms with Crippen molar-refractivity contribution in [3.63, 3.8) is 0 Å². The van der Waals surface area contributed by atoms with Gasteiger partial charge >= 0.3 is 7.60 Å². The lowest BCUT2D eigenvalue weighted by Crippen LogP contribution is -2.51. The van der Waals surface area contributed by atoms with Crippen LogP contribution in [0.25, 0.3) is 11.0 Å². The monoisotopic (exact) mass is 616 g/mol. The molecule has 1 aromatic carbocycles. The minimum absolute atomic E-state index is 0.0722. The fourth-order valence-electron chi connectivity index (χ4n) is 5.24. The Labute approximate surface area is 239 Å². The van der Waals surface area contributed by atoms with E-state index in [2.05, 4.69) is 15.4 Å². The summed E-state index contributed by atoms with van der Waals surface area (Å²) in [5.74, 6) is -0.382. The first-order valence-corrected chi connectivity index (χ1v) is 14.8. The zero-order valence-corrected chi connectivity index (χ0v) is 23.7. The van der Waals surface area contributed by atoms with Crippen LogP contribution < -0.4 is 5.32 Å². The van der Waals surface area contributed by atoms with Crippen LogP contribution in [-0.4, -0.2) is 89.4 Å². The molecule has 0 amide bonds. The van der Waals surface area contributed by atoms with Crippen LogP contribution >= 0.6 is 19.2 Å². The minimum atomic E-state index is -5.07. The van der Waals surface area contributed by atoms with Crippen LogP contribution in [0.15, 0.2) is 36.5 Å². The fraction of sp³-hybridized carbons (Fsp3) is 0.520. The van der Waals surface area contributed by atoms with E-state index in [0.717, 1.165) is 0 Å². The molecule has 2 fully saturated rings. The Morgan fingerprint density at radius 3 is 2.63 bits per heavy atom. The highest BCUT2D eigenvalue weighted by Gasteiger charge is 2.66. The zero-order chi connectivity index (χ0) is 29.7. The molecule has 13 nitrogen and oxygen atoms in total. The number of nitrogens with zero attached hydrogens (tertiary/aromatic N) is 3. The van der Waals surface area contributed by atoms with Gasteiger partial charge in [-0.25, -0.2) is 14.1 Å². The number of rotatable bonds is 11. The van der Waals surface area contributed by atoms with E-state index in [1.165, 1.54) is 24.1 Å². The van der Waals surface area contributed by atoms with Gasteiger partial charge in [0.1, 0.15) is 29.3 Å². The van der Waals surface area contributed by atoms with Gasteiger partial charge in [-0.3, -0.25) is 4.57 Å². The van der Waals surface area contributed by atoms with Crippen LogP contribution in [0.5, 0.6) is 0 Å². The second-order valence-electron chi connectivity index (χ2n) is 10.4. The van der Waals surface area contributed by atoms with Crippen LogP contribution in [0.3, 0.4) is 0 Å². The Morgan fingerprint density at radius 1 is 1.32 bits per heavy atom. The highest BCUT2D eigenvalue weighted by atomic mass is 35.5. The van der Waals surface area contributed by atoms with Crippen molar-refractivity contribution in [1.82, 2.24) is 14.8 Å². The Balaban J connectivity index is 1.44. The Kier molecular flexibility index (Phi) is 8.20. The maximum absolute atomic E-state index is 14.4. The number of methoxy groups -OCH3 is 1. The molecule has 3 heterocycles. The standard InChI is InChI=1S/C25H31ClFN4O9P/c1-13(14-5-3-4-6-16(14)27)29-17-9-18(26)30-22-15(17)10-28-31(22)23-20(34)19(33)21(39-23)24(7-8-24)40-25(11-32,12-38-2)41(35,36)37/h3-6,9-10,13,19-21,23,32-34H,7-8,11-12H2,1-2H3,(H,29,30)(H2,35,36,37)/t13-,19-,20+,21?,23+,25?/m0/s1. The Morgan fingerprint density at radius 2 is 2.02 bits per heavy atom. The molecule has 16 heteroatoms. The SMILES string of the molecule is COCC(CO)(OC1(C2O[C@@H](n3ncc4c(N[C@@H](C)c5ccccc5F)cc(Cl)nc43)[C@H](O)[C@@H]2O)CC1)P(=O)(O)O. The minimum Gasteiger partial charge on any atom is -0.393 e. The van der Waals surface area contributed by atoms with Crippen molar-refractivity contribution in [1.29, 1.82) is 0 Å². The van der Waals surface area contributed by atoms with Crippen molar-refractivity contribution in [3.8, 4) is 0 Å². The molecule has 6 atom stereocenters. The molecule has 2 aliphatic rings. The van der Waals surface area contributed by atoms with Crippen molar-refractivity contribution in [3.05, 3.63) is 53.1 Å². The number of fused-ring (bicyclic) bond motifs is 1. The molecule has 1 aliphatic heterocycles. The summed E-state index contributed by atoms with van der Waals surface area (Å²) in [6.07, 6.45) is -3.70. The Hall–Kier alpha value is -2.23. The number of anilines is 1. The van der Waals surface area contributed by atoms with Gasteiger partial charge in [0.2, 0.25) is 5.34 Å². The summed E-state index contributed by atoms with van der Waals surface area (Å²) in [6, 6.07) is 7.42. The van der Waals surface area contributed by atoms with E-state index in [9.17, 15) is 34.1 Å². The number of benzene rings is 1. The van der Waals surface area contributed by atoms with Crippen LogP contribution in [-0.2, 0) is 18.8 Å². The van der Waals surface area contributed by atoms with Crippen molar-refractivity contribution >= 4 is 35.9 Å². The van der Waals surface area contributed by atoms with E-state index in [-0.39, 0.29) is 29.5 Å². The lowest BCUT2D eigenvalue weighted by Gasteiger charge is -2.38. The maximum Gasteiger partial charge on any atom is 0.361 e. The quantitative estimate of drug-likeness (QED) is 0.136. The van der Waals surface area contributed by atoms with E-state index in [4.69, 9.17) is 25.8 Å². The summed E-state index contributed by atoms with van der Waals surface area (Å²) in [4.78, 5) is 24.3. The molecule has 3 aromatic rings. The third-order valence-electron chi connectivity index (χ3n) is 7.56. The molecule has 0 radical (unpaired) electrons. The van der Waals surface area contributed by atoms with Gasteiger partial charge in [-0.2, -0.15) is 5.10 Å². The highest BCUT2D eigenvalue weighted by Crippen LogP contribution is 2.59. The lowest BCUT2D eigenvalue weighted by atomic mass is 10.0. The van der Waals surface area contributed by atoms with Gasteiger partial charge in [0, 0.05) is 12.7 Å². The predicted octanol–water partition coefficient (Wildman–Crippen LogP) is 2.08. The molecule has 2 unspecified atom stereocenters. The number of hydrogen-bond acceptors (Lipinski definition) is 10. The molecule has 0 spiro atoms. The molecule has 41 heavy (non-hydrogen) atoms. The van der Waals surface area contributed by atoms with Gasteiger partial charge in [-0.1, -0.05) is 29.8 Å².